The maximum atomic E-state index is 13.2. The van der Waals surface area contributed by atoms with Crippen LogP contribution < -0.4 is 10.9 Å². The van der Waals surface area contributed by atoms with E-state index in [2.05, 4.69) is 10.4 Å². The molecule has 0 aliphatic rings. The van der Waals surface area contributed by atoms with E-state index in [1.54, 1.807) is 6.07 Å². The van der Waals surface area contributed by atoms with E-state index in [1.165, 1.54) is 35.1 Å². The Labute approximate surface area is 143 Å². The minimum atomic E-state index is -4.68. The molecular weight excluding hydrogens is 356 g/mol. The Balaban J connectivity index is 1.84. The lowest BCUT2D eigenvalue weighted by Gasteiger charge is -2.08. The van der Waals surface area contributed by atoms with Crippen molar-refractivity contribution in [2.24, 2.45) is 0 Å². The van der Waals surface area contributed by atoms with Gasteiger partial charge >= 0.3 is 6.18 Å². The zero-order valence-corrected chi connectivity index (χ0v) is 12.8. The zero-order valence-electron chi connectivity index (χ0n) is 12.8. The number of pyridine rings is 1. The molecule has 10 heteroatoms. The van der Waals surface area contributed by atoms with Gasteiger partial charge < -0.3 is 10.3 Å². The first-order valence-corrected chi connectivity index (χ1v) is 7.17. The van der Waals surface area contributed by atoms with E-state index in [-0.39, 0.29) is 5.69 Å². The van der Waals surface area contributed by atoms with Crippen molar-refractivity contribution >= 4 is 11.6 Å². The zero-order chi connectivity index (χ0) is 18.9. The molecule has 2 aromatic heterocycles. The van der Waals surface area contributed by atoms with Crippen LogP contribution in [0, 0.1) is 5.82 Å². The lowest BCUT2D eigenvalue weighted by atomic mass is 10.2. The highest BCUT2D eigenvalue weighted by Gasteiger charge is 2.31. The molecule has 0 aliphatic heterocycles. The number of rotatable bonds is 3. The van der Waals surface area contributed by atoms with Crippen molar-refractivity contribution in [1.29, 1.82) is 0 Å². The minimum absolute atomic E-state index is 0.161. The van der Waals surface area contributed by atoms with E-state index < -0.39 is 34.7 Å². The molecule has 2 heterocycles. The fourth-order valence-corrected chi connectivity index (χ4v) is 2.13. The number of aromatic amines is 1. The summed E-state index contributed by atoms with van der Waals surface area (Å²) in [6.45, 7) is 0. The summed E-state index contributed by atoms with van der Waals surface area (Å²) < 4.78 is 52.6. The molecule has 0 spiro atoms. The fourth-order valence-electron chi connectivity index (χ4n) is 2.13. The highest BCUT2D eigenvalue weighted by Crippen LogP contribution is 2.29. The van der Waals surface area contributed by atoms with Crippen LogP contribution in [0.25, 0.3) is 5.69 Å². The molecule has 0 aliphatic carbocycles. The van der Waals surface area contributed by atoms with Crippen LogP contribution in [0.5, 0.6) is 0 Å². The summed E-state index contributed by atoms with van der Waals surface area (Å²) in [6, 6.07) is 7.23. The van der Waals surface area contributed by atoms with Gasteiger partial charge in [-0.2, -0.15) is 18.3 Å². The molecule has 0 radical (unpaired) electrons. The van der Waals surface area contributed by atoms with E-state index in [0.29, 0.717) is 18.0 Å². The fraction of sp³-hybridized carbons (Fsp3) is 0.0625. The van der Waals surface area contributed by atoms with Gasteiger partial charge in [0, 0.05) is 12.4 Å². The van der Waals surface area contributed by atoms with E-state index in [0.717, 1.165) is 0 Å². The number of nitrogens with zero attached hydrogens (tertiary/aromatic N) is 2. The van der Waals surface area contributed by atoms with Gasteiger partial charge in [-0.1, -0.05) is 6.07 Å². The van der Waals surface area contributed by atoms with Crippen molar-refractivity contribution in [3.8, 4) is 5.69 Å². The molecule has 0 unspecified atom stereocenters. The summed E-state index contributed by atoms with van der Waals surface area (Å²) >= 11 is 0. The first kappa shape index (κ1) is 17.4. The van der Waals surface area contributed by atoms with Gasteiger partial charge in [-0.25, -0.2) is 9.07 Å². The van der Waals surface area contributed by atoms with Gasteiger partial charge in [-0.3, -0.25) is 9.59 Å². The predicted octanol–water partition coefficient (Wildman–Crippen LogP) is 2.97. The summed E-state index contributed by atoms with van der Waals surface area (Å²) in [6.07, 6.45) is -2.79. The van der Waals surface area contributed by atoms with Gasteiger partial charge in [0.25, 0.3) is 11.5 Å². The second-order valence-corrected chi connectivity index (χ2v) is 5.21. The average molecular weight is 366 g/mol. The van der Waals surface area contributed by atoms with Crippen LogP contribution >= 0.6 is 0 Å². The number of amides is 1. The van der Waals surface area contributed by atoms with Gasteiger partial charge in [0.2, 0.25) is 0 Å². The van der Waals surface area contributed by atoms with E-state index in [9.17, 15) is 27.2 Å². The standard InChI is InChI=1S/C16H10F4N4O2/c17-10-2-1-3-11(7-10)24-5-4-12(23-24)15(26)22-13-6-9(16(18,19)20)8-21-14(13)25/h1-8H,(H,21,25)(H,22,26). The summed E-state index contributed by atoms with van der Waals surface area (Å²) in [5, 5.41) is 6.00. The third-order valence-corrected chi connectivity index (χ3v) is 3.37. The third kappa shape index (κ3) is 3.63. The Kier molecular flexibility index (Phi) is 4.33. The number of benzene rings is 1. The highest BCUT2D eigenvalue weighted by molar-refractivity contribution is 6.02. The van der Waals surface area contributed by atoms with Crippen LogP contribution in [0.1, 0.15) is 16.1 Å². The second-order valence-electron chi connectivity index (χ2n) is 5.21. The number of carbonyl (C=O) groups excluding carboxylic acids is 1. The Morgan fingerprint density at radius 3 is 2.65 bits per heavy atom. The quantitative estimate of drug-likeness (QED) is 0.700. The molecule has 2 N–H and O–H groups in total. The van der Waals surface area contributed by atoms with Crippen LogP contribution in [0.3, 0.4) is 0 Å². The first-order chi connectivity index (χ1) is 12.2. The topological polar surface area (TPSA) is 79.8 Å². The number of aromatic nitrogens is 3. The minimum Gasteiger partial charge on any atom is -0.327 e. The van der Waals surface area contributed by atoms with E-state index >= 15 is 0 Å². The van der Waals surface area contributed by atoms with Gasteiger partial charge in [0.15, 0.2) is 5.69 Å². The lowest BCUT2D eigenvalue weighted by Crippen LogP contribution is -2.22. The van der Waals surface area contributed by atoms with Gasteiger partial charge in [-0.05, 0) is 30.3 Å². The monoisotopic (exact) mass is 366 g/mol. The SMILES string of the molecule is O=C(Nc1cc(C(F)(F)F)c[nH]c1=O)c1ccn(-c2cccc(F)c2)n1. The van der Waals surface area contributed by atoms with E-state index in [4.69, 9.17) is 0 Å². The summed E-state index contributed by atoms with van der Waals surface area (Å²) in [4.78, 5) is 25.7. The van der Waals surface area contributed by atoms with Crippen LogP contribution in [-0.4, -0.2) is 20.7 Å². The third-order valence-electron chi connectivity index (χ3n) is 3.37. The number of H-pyrrole nitrogens is 1. The lowest BCUT2D eigenvalue weighted by molar-refractivity contribution is -0.137. The van der Waals surface area contributed by atoms with Crippen LogP contribution in [0.4, 0.5) is 23.2 Å². The van der Waals surface area contributed by atoms with E-state index in [1.807, 2.05) is 4.98 Å². The molecule has 3 aromatic rings. The van der Waals surface area contributed by atoms with Crippen molar-refractivity contribution < 1.29 is 22.4 Å². The molecule has 0 atom stereocenters. The number of nitrogens with one attached hydrogen (secondary N) is 2. The van der Waals surface area contributed by atoms with Crippen LogP contribution in [0.15, 0.2) is 53.6 Å². The van der Waals surface area contributed by atoms with Crippen molar-refractivity contribution in [1.82, 2.24) is 14.8 Å². The molecular formula is C16H10F4N4O2. The molecule has 0 saturated heterocycles. The number of alkyl halides is 3. The van der Waals surface area contributed by atoms with Crippen molar-refractivity contribution in [3.63, 3.8) is 0 Å². The highest BCUT2D eigenvalue weighted by atomic mass is 19.4. The molecule has 0 saturated carbocycles. The Hall–Kier alpha value is -3.43. The van der Waals surface area contributed by atoms with Crippen LogP contribution in [-0.2, 0) is 6.18 Å². The molecule has 134 valence electrons. The molecule has 3 rings (SSSR count). The normalized spacial score (nSPS) is 11.4. The van der Waals surface area contributed by atoms with Gasteiger partial charge in [-0.15, -0.1) is 0 Å². The smallest absolute Gasteiger partial charge is 0.327 e. The largest absolute Gasteiger partial charge is 0.417 e. The molecule has 1 amide bonds. The van der Waals surface area contributed by atoms with Crippen LogP contribution in [0.2, 0.25) is 0 Å². The number of hydrogen-bond donors (Lipinski definition) is 2. The molecule has 1 aromatic carbocycles. The van der Waals surface area contributed by atoms with Crippen molar-refractivity contribution in [2.75, 3.05) is 5.32 Å². The number of hydrogen-bond acceptors (Lipinski definition) is 3. The Morgan fingerprint density at radius 1 is 1.19 bits per heavy atom. The maximum absolute atomic E-state index is 13.2. The van der Waals surface area contributed by atoms with Gasteiger partial charge in [0.1, 0.15) is 11.5 Å². The average Bonchev–Trinajstić information content (AvgIpc) is 3.06. The Bertz CT molecular complexity index is 1020. The number of carbonyl (C=O) groups is 1. The maximum Gasteiger partial charge on any atom is 0.417 e. The van der Waals surface area contributed by atoms with Gasteiger partial charge in [0.05, 0.1) is 11.3 Å². The number of anilines is 1. The number of halogens is 4. The van der Waals surface area contributed by atoms with Crippen molar-refractivity contribution in [2.45, 2.75) is 6.18 Å². The van der Waals surface area contributed by atoms with Crippen molar-refractivity contribution in [3.05, 3.63) is 76.2 Å². The summed E-state index contributed by atoms with van der Waals surface area (Å²) in [5.41, 5.74) is -2.38. The predicted molar refractivity (Wildman–Crippen MR) is 83.5 cm³/mol. The Morgan fingerprint density at radius 2 is 1.96 bits per heavy atom. The molecule has 6 nitrogen and oxygen atoms in total. The summed E-state index contributed by atoms with van der Waals surface area (Å²) in [7, 11) is 0. The molecule has 0 bridgehead atoms. The molecule has 0 fully saturated rings. The second kappa shape index (κ2) is 6.47. The molecule has 26 heavy (non-hydrogen) atoms. The first-order valence-electron chi connectivity index (χ1n) is 7.17. The summed E-state index contributed by atoms with van der Waals surface area (Å²) in [5.74, 6) is -1.38.